The Morgan fingerprint density at radius 1 is 0.818 bits per heavy atom. The average molecular weight is 527 g/mol. The van der Waals surface area contributed by atoms with Crippen LogP contribution in [0.1, 0.15) is 11.1 Å². The van der Waals surface area contributed by atoms with E-state index in [1.54, 1.807) is 0 Å². The molecule has 2 rings (SSSR count). The monoisotopic (exact) mass is 526 g/mol. The number of halogens is 10. The molecule has 15 heteroatoms. The van der Waals surface area contributed by atoms with E-state index in [4.69, 9.17) is 27.9 Å². The van der Waals surface area contributed by atoms with Crippen molar-refractivity contribution < 1.29 is 49.4 Å². The van der Waals surface area contributed by atoms with Crippen molar-refractivity contribution in [2.24, 2.45) is 0 Å². The number of urea groups is 1. The first-order valence-electron chi connectivity index (χ1n) is 8.43. The molecule has 0 bridgehead atoms. The molecule has 0 saturated heterocycles. The number of hydrogen-bond donors (Lipinski definition) is 2. The number of carbonyl (C=O) groups excluding carboxylic acids is 1. The highest BCUT2D eigenvalue weighted by Crippen LogP contribution is 2.38. The highest BCUT2D eigenvalue weighted by molar-refractivity contribution is 6.44. The van der Waals surface area contributed by atoms with E-state index in [2.05, 4.69) is 10.1 Å². The largest absolute Gasteiger partial charge is 0.493 e. The number of anilines is 2. The summed E-state index contributed by atoms with van der Waals surface area (Å²) in [5.41, 5.74) is -4.19. The number of rotatable bonds is 6. The van der Waals surface area contributed by atoms with E-state index >= 15 is 0 Å². The van der Waals surface area contributed by atoms with Gasteiger partial charge in [0.25, 0.3) is 0 Å². The normalized spacial score (nSPS) is 12.5. The molecular formula is C18H12Cl2F8N2O3. The Balaban J connectivity index is 2.24. The third kappa shape index (κ3) is 7.16. The minimum absolute atomic E-state index is 0.102. The van der Waals surface area contributed by atoms with Crippen molar-refractivity contribution in [3.05, 3.63) is 47.5 Å². The molecule has 0 aliphatic rings. The van der Waals surface area contributed by atoms with Crippen molar-refractivity contribution in [1.82, 2.24) is 0 Å². The fourth-order valence-corrected chi connectivity index (χ4v) is 2.43. The van der Waals surface area contributed by atoms with Crippen molar-refractivity contribution in [1.29, 1.82) is 0 Å². The average Bonchev–Trinajstić information content (AvgIpc) is 2.67. The summed E-state index contributed by atoms with van der Waals surface area (Å²) in [6.45, 7) is 0. The number of methoxy groups -OCH3 is 1. The van der Waals surface area contributed by atoms with Gasteiger partial charge >= 0.3 is 24.5 Å². The number of carbonyl (C=O) groups is 1. The fourth-order valence-electron chi connectivity index (χ4n) is 2.34. The Morgan fingerprint density at radius 3 is 1.79 bits per heavy atom. The molecule has 0 aromatic heterocycles. The Hall–Kier alpha value is -2.67. The Labute approximate surface area is 190 Å². The lowest BCUT2D eigenvalue weighted by molar-refractivity contribution is -0.164. The van der Waals surface area contributed by atoms with Crippen LogP contribution in [0.3, 0.4) is 0 Å². The van der Waals surface area contributed by atoms with Gasteiger partial charge in [-0.1, -0.05) is 23.2 Å². The van der Waals surface area contributed by atoms with Gasteiger partial charge in [0.05, 0.1) is 18.2 Å². The second kappa shape index (κ2) is 9.67. The van der Waals surface area contributed by atoms with Crippen LogP contribution in [-0.4, -0.2) is 24.1 Å². The minimum atomic E-state index is -5.11. The van der Waals surface area contributed by atoms with Crippen molar-refractivity contribution >= 4 is 40.6 Å². The van der Waals surface area contributed by atoms with Crippen LogP contribution in [0.2, 0.25) is 0 Å². The Bertz CT molecular complexity index is 981. The van der Waals surface area contributed by atoms with Gasteiger partial charge < -0.3 is 20.1 Å². The van der Waals surface area contributed by atoms with Crippen LogP contribution in [0.5, 0.6) is 11.5 Å². The molecule has 0 aliphatic heterocycles. The standard InChI is InChI=1S/C18H12Cl2F8N2O3/c1-32-13-7-10(2-3-12(13)33-18(27,28)14(19)20)29-15(31)30-11-5-8(16(21,22)23)4-9(6-11)17(24,25)26/h2-7,14H,1H3,(H2,29,30,31). The highest BCUT2D eigenvalue weighted by Gasteiger charge is 2.41. The molecule has 0 saturated carbocycles. The second-order valence-corrected chi connectivity index (χ2v) is 7.30. The van der Waals surface area contributed by atoms with Gasteiger partial charge in [-0.05, 0) is 30.3 Å². The maximum atomic E-state index is 13.6. The van der Waals surface area contributed by atoms with E-state index in [1.807, 2.05) is 5.32 Å². The van der Waals surface area contributed by atoms with Gasteiger partial charge in [0.1, 0.15) is 0 Å². The molecule has 5 nitrogen and oxygen atoms in total. The molecule has 0 heterocycles. The quantitative estimate of drug-likeness (QED) is 0.310. The zero-order chi connectivity index (χ0) is 25.2. The van der Waals surface area contributed by atoms with Crippen molar-refractivity contribution in [3.8, 4) is 11.5 Å². The Morgan fingerprint density at radius 2 is 1.33 bits per heavy atom. The number of ether oxygens (including phenoxy) is 2. The molecule has 0 atom stereocenters. The summed E-state index contributed by atoms with van der Waals surface area (Å²) in [5, 5.41) is 3.95. The molecule has 2 aromatic rings. The number of benzene rings is 2. The van der Waals surface area contributed by atoms with Crippen LogP contribution in [0.25, 0.3) is 0 Å². The molecule has 2 amide bonds. The van der Waals surface area contributed by atoms with E-state index < -0.39 is 51.9 Å². The first-order valence-corrected chi connectivity index (χ1v) is 9.30. The molecule has 2 aromatic carbocycles. The van der Waals surface area contributed by atoms with E-state index in [-0.39, 0.29) is 17.5 Å². The highest BCUT2D eigenvalue weighted by atomic mass is 35.5. The van der Waals surface area contributed by atoms with Crippen LogP contribution >= 0.6 is 23.2 Å². The van der Waals surface area contributed by atoms with Crippen LogP contribution in [0.15, 0.2) is 36.4 Å². The van der Waals surface area contributed by atoms with Crippen LogP contribution in [0.4, 0.5) is 51.3 Å². The Kier molecular flexibility index (Phi) is 7.79. The van der Waals surface area contributed by atoms with Crippen molar-refractivity contribution in [2.75, 3.05) is 17.7 Å². The summed E-state index contributed by atoms with van der Waals surface area (Å²) in [6.07, 6.45) is -14.2. The molecule has 0 radical (unpaired) electrons. The van der Waals surface area contributed by atoms with Crippen LogP contribution in [-0.2, 0) is 12.4 Å². The lowest BCUT2D eigenvalue weighted by Gasteiger charge is -2.20. The molecule has 2 N–H and O–H groups in total. The maximum absolute atomic E-state index is 13.6. The molecule has 0 fully saturated rings. The summed E-state index contributed by atoms with van der Waals surface area (Å²) < 4.78 is 114. The van der Waals surface area contributed by atoms with Crippen molar-refractivity contribution in [2.45, 2.75) is 23.3 Å². The van der Waals surface area contributed by atoms with Gasteiger partial charge in [0.2, 0.25) is 4.84 Å². The lowest BCUT2D eigenvalue weighted by Crippen LogP contribution is -2.32. The fraction of sp³-hybridized carbons (Fsp3) is 0.278. The number of nitrogens with one attached hydrogen (secondary N) is 2. The summed E-state index contributed by atoms with van der Waals surface area (Å²) in [5.74, 6) is -0.840. The number of alkyl halides is 10. The molecule has 182 valence electrons. The van der Waals surface area contributed by atoms with Gasteiger partial charge in [-0.25, -0.2) is 4.79 Å². The molecule has 33 heavy (non-hydrogen) atoms. The van der Waals surface area contributed by atoms with Gasteiger partial charge in [-0.2, -0.15) is 35.1 Å². The second-order valence-electron chi connectivity index (χ2n) is 6.20. The first kappa shape index (κ1) is 26.6. The minimum Gasteiger partial charge on any atom is -0.493 e. The van der Waals surface area contributed by atoms with Crippen LogP contribution in [0, 0.1) is 0 Å². The SMILES string of the molecule is COc1cc(NC(=O)Nc2cc(C(F)(F)F)cc(C(F)(F)F)c2)ccc1OC(F)(F)C(Cl)Cl. The van der Waals surface area contributed by atoms with E-state index in [0.29, 0.717) is 12.1 Å². The number of amides is 2. The third-order valence-corrected chi connectivity index (χ3v) is 4.28. The lowest BCUT2D eigenvalue weighted by atomic mass is 10.1. The predicted octanol–water partition coefficient (Wildman–Crippen LogP) is 7.15. The topological polar surface area (TPSA) is 59.6 Å². The first-order chi connectivity index (χ1) is 15.0. The van der Waals surface area contributed by atoms with Crippen LogP contribution < -0.4 is 20.1 Å². The number of hydrogen-bond acceptors (Lipinski definition) is 3. The van der Waals surface area contributed by atoms with Gasteiger partial charge in [-0.3, -0.25) is 0 Å². The summed E-state index contributed by atoms with van der Waals surface area (Å²) >= 11 is 10.2. The predicted molar refractivity (Wildman–Crippen MR) is 103 cm³/mol. The van der Waals surface area contributed by atoms with E-state index in [9.17, 15) is 39.9 Å². The van der Waals surface area contributed by atoms with E-state index in [0.717, 1.165) is 25.3 Å². The summed E-state index contributed by atoms with van der Waals surface area (Å²) in [4.78, 5) is 9.87. The van der Waals surface area contributed by atoms with Crippen molar-refractivity contribution in [3.63, 3.8) is 0 Å². The third-order valence-electron chi connectivity index (χ3n) is 3.77. The molecule has 0 unspecified atom stereocenters. The zero-order valence-electron chi connectivity index (χ0n) is 16.0. The molecule has 0 aliphatic carbocycles. The van der Waals surface area contributed by atoms with Gasteiger partial charge in [0.15, 0.2) is 11.5 Å². The zero-order valence-corrected chi connectivity index (χ0v) is 17.6. The van der Waals surface area contributed by atoms with Gasteiger partial charge in [0, 0.05) is 17.4 Å². The molecular weight excluding hydrogens is 515 g/mol. The maximum Gasteiger partial charge on any atom is 0.428 e. The smallest absolute Gasteiger partial charge is 0.428 e. The van der Waals surface area contributed by atoms with Gasteiger partial charge in [-0.15, -0.1) is 0 Å². The van der Waals surface area contributed by atoms with E-state index in [1.165, 1.54) is 0 Å². The molecule has 0 spiro atoms. The summed E-state index contributed by atoms with van der Waals surface area (Å²) in [7, 11) is 1.07. The summed E-state index contributed by atoms with van der Waals surface area (Å²) in [6, 6.07) is 2.25.